The molecule has 8 heteroatoms. The molecule has 0 radical (unpaired) electrons. The number of amides is 2. The van der Waals surface area contributed by atoms with Crippen LogP contribution in [0.4, 0.5) is 4.79 Å². The van der Waals surface area contributed by atoms with Crippen LogP contribution < -0.4 is 10.6 Å². The van der Waals surface area contributed by atoms with Crippen LogP contribution in [0.1, 0.15) is 62.6 Å². The molecule has 0 aromatic heterocycles. The van der Waals surface area contributed by atoms with Gasteiger partial charge >= 0.3 is 12.1 Å². The van der Waals surface area contributed by atoms with Gasteiger partial charge in [-0.25, -0.2) is 4.79 Å². The SMILES string of the molecule is CC(C)(C)OC(=O)NC(CSc1cccc(C(c2ccccc2)c2ccccc2)c1)C(=O)NCCCCC(=O)O. The molecule has 0 fully saturated rings. The first-order chi connectivity index (χ1) is 19.1. The van der Waals surface area contributed by atoms with E-state index in [4.69, 9.17) is 9.84 Å². The largest absolute Gasteiger partial charge is 0.481 e. The first-order valence-electron chi connectivity index (χ1n) is 13.4. The Morgan fingerprint density at radius 3 is 2.02 bits per heavy atom. The van der Waals surface area contributed by atoms with Crippen molar-refractivity contribution in [1.29, 1.82) is 0 Å². The van der Waals surface area contributed by atoms with Crippen LogP contribution in [-0.4, -0.2) is 47.0 Å². The Hall–Kier alpha value is -3.78. The van der Waals surface area contributed by atoms with Crippen molar-refractivity contribution >= 4 is 29.7 Å². The van der Waals surface area contributed by atoms with E-state index in [2.05, 4.69) is 47.0 Å². The van der Waals surface area contributed by atoms with Gasteiger partial charge in [0.05, 0.1) is 0 Å². The van der Waals surface area contributed by atoms with Crippen molar-refractivity contribution in [3.63, 3.8) is 0 Å². The molecule has 0 aliphatic carbocycles. The van der Waals surface area contributed by atoms with Crippen molar-refractivity contribution in [2.45, 2.75) is 62.5 Å². The number of aliphatic carboxylic acids is 1. The molecule has 3 aromatic carbocycles. The molecule has 0 heterocycles. The van der Waals surface area contributed by atoms with Crippen LogP contribution in [0.25, 0.3) is 0 Å². The summed E-state index contributed by atoms with van der Waals surface area (Å²) in [6, 6.07) is 28.1. The third-order valence-corrected chi connectivity index (χ3v) is 7.09. The fourth-order valence-corrected chi connectivity index (χ4v) is 5.19. The Bertz CT molecular complexity index is 1210. The number of nitrogens with one attached hydrogen (secondary N) is 2. The molecular formula is C32H38N2O5S. The number of ether oxygens (including phenoxy) is 1. The second-order valence-corrected chi connectivity index (χ2v) is 11.6. The number of rotatable bonds is 13. The topological polar surface area (TPSA) is 105 Å². The van der Waals surface area contributed by atoms with Crippen molar-refractivity contribution in [2.24, 2.45) is 0 Å². The number of hydrogen-bond acceptors (Lipinski definition) is 5. The summed E-state index contributed by atoms with van der Waals surface area (Å²) < 4.78 is 5.38. The predicted molar refractivity (Wildman–Crippen MR) is 159 cm³/mol. The fourth-order valence-electron chi connectivity index (χ4n) is 4.20. The van der Waals surface area contributed by atoms with Crippen molar-refractivity contribution < 1.29 is 24.2 Å². The van der Waals surface area contributed by atoms with Gasteiger partial charge in [-0.15, -0.1) is 11.8 Å². The number of carbonyl (C=O) groups is 3. The maximum absolute atomic E-state index is 13.0. The highest BCUT2D eigenvalue weighted by atomic mass is 32.2. The molecule has 3 rings (SSSR count). The van der Waals surface area contributed by atoms with E-state index in [-0.39, 0.29) is 18.2 Å². The van der Waals surface area contributed by atoms with E-state index in [1.165, 1.54) is 22.9 Å². The van der Waals surface area contributed by atoms with Crippen LogP contribution >= 0.6 is 11.8 Å². The van der Waals surface area contributed by atoms with Gasteiger partial charge in [0.25, 0.3) is 0 Å². The summed E-state index contributed by atoms with van der Waals surface area (Å²) in [5, 5.41) is 14.3. The number of hydrogen-bond donors (Lipinski definition) is 3. The normalized spacial score (nSPS) is 12.0. The predicted octanol–water partition coefficient (Wildman–Crippen LogP) is 6.22. The number of carboxylic acid groups (broad SMARTS) is 1. The monoisotopic (exact) mass is 562 g/mol. The van der Waals surface area contributed by atoms with E-state index in [0.29, 0.717) is 25.1 Å². The summed E-state index contributed by atoms with van der Waals surface area (Å²) in [6.07, 6.45) is 0.383. The lowest BCUT2D eigenvalue weighted by Crippen LogP contribution is -2.49. The average Bonchev–Trinajstić information content (AvgIpc) is 2.91. The van der Waals surface area contributed by atoms with Crippen molar-refractivity contribution in [3.8, 4) is 0 Å². The molecule has 0 saturated heterocycles. The number of unbranched alkanes of at least 4 members (excludes halogenated alkanes) is 1. The zero-order valence-corrected chi connectivity index (χ0v) is 24.1. The number of benzene rings is 3. The Morgan fingerprint density at radius 2 is 1.45 bits per heavy atom. The summed E-state index contributed by atoms with van der Waals surface area (Å²) in [5.74, 6) is -0.856. The zero-order chi connectivity index (χ0) is 29.0. The van der Waals surface area contributed by atoms with Crippen LogP contribution in [-0.2, 0) is 14.3 Å². The minimum absolute atomic E-state index is 0.0488. The lowest BCUT2D eigenvalue weighted by atomic mass is 9.85. The quantitative estimate of drug-likeness (QED) is 0.130. The lowest BCUT2D eigenvalue weighted by Gasteiger charge is -2.23. The first kappa shape index (κ1) is 30.8. The molecule has 0 bridgehead atoms. The summed E-state index contributed by atoms with van der Waals surface area (Å²) in [7, 11) is 0. The van der Waals surface area contributed by atoms with E-state index in [1.807, 2.05) is 48.5 Å². The van der Waals surface area contributed by atoms with E-state index in [9.17, 15) is 14.4 Å². The highest BCUT2D eigenvalue weighted by Crippen LogP contribution is 2.34. The van der Waals surface area contributed by atoms with E-state index in [0.717, 1.165) is 10.5 Å². The summed E-state index contributed by atoms with van der Waals surface area (Å²) in [5.41, 5.74) is 2.79. The van der Waals surface area contributed by atoms with Crippen LogP contribution in [0.5, 0.6) is 0 Å². The highest BCUT2D eigenvalue weighted by Gasteiger charge is 2.25. The van der Waals surface area contributed by atoms with Crippen LogP contribution in [0, 0.1) is 0 Å². The fraction of sp³-hybridized carbons (Fsp3) is 0.344. The van der Waals surface area contributed by atoms with Gasteiger partial charge in [-0.1, -0.05) is 72.8 Å². The zero-order valence-electron chi connectivity index (χ0n) is 23.3. The van der Waals surface area contributed by atoms with Crippen molar-refractivity contribution in [1.82, 2.24) is 10.6 Å². The molecule has 7 nitrogen and oxygen atoms in total. The number of carbonyl (C=O) groups excluding carboxylic acids is 2. The summed E-state index contributed by atoms with van der Waals surface area (Å²) in [4.78, 5) is 37.2. The number of alkyl carbamates (subject to hydrolysis) is 1. The number of thioether (sulfide) groups is 1. The maximum Gasteiger partial charge on any atom is 0.408 e. The summed E-state index contributed by atoms with van der Waals surface area (Å²) >= 11 is 1.48. The van der Waals surface area contributed by atoms with Gasteiger partial charge in [0.2, 0.25) is 5.91 Å². The van der Waals surface area contributed by atoms with Gasteiger partial charge in [0, 0.05) is 29.5 Å². The molecular weight excluding hydrogens is 524 g/mol. The molecule has 0 spiro atoms. The van der Waals surface area contributed by atoms with Crippen molar-refractivity contribution in [3.05, 3.63) is 102 Å². The van der Waals surface area contributed by atoms with Gasteiger partial charge in [0.1, 0.15) is 11.6 Å². The van der Waals surface area contributed by atoms with Crippen molar-refractivity contribution in [2.75, 3.05) is 12.3 Å². The summed E-state index contributed by atoms with van der Waals surface area (Å²) in [6.45, 7) is 5.62. The third-order valence-electron chi connectivity index (χ3n) is 6.00. The Balaban J connectivity index is 1.75. The van der Waals surface area contributed by atoms with Gasteiger partial charge in [0.15, 0.2) is 0 Å². The first-order valence-corrected chi connectivity index (χ1v) is 14.4. The Morgan fingerprint density at radius 1 is 0.850 bits per heavy atom. The molecule has 40 heavy (non-hydrogen) atoms. The molecule has 2 amide bonds. The second kappa shape index (κ2) is 15.1. The van der Waals surface area contributed by atoms with Crippen LogP contribution in [0.15, 0.2) is 89.8 Å². The Labute approximate surface area is 240 Å². The maximum atomic E-state index is 13.0. The van der Waals surface area contributed by atoms with Gasteiger partial charge < -0.3 is 20.5 Å². The second-order valence-electron chi connectivity index (χ2n) is 10.5. The molecule has 3 N–H and O–H groups in total. The number of carboxylic acids is 1. The molecule has 1 unspecified atom stereocenters. The van der Waals surface area contributed by atoms with Crippen LogP contribution in [0.2, 0.25) is 0 Å². The minimum Gasteiger partial charge on any atom is -0.481 e. The molecule has 0 aliphatic heterocycles. The van der Waals surface area contributed by atoms with Crippen LogP contribution in [0.3, 0.4) is 0 Å². The lowest BCUT2D eigenvalue weighted by molar-refractivity contribution is -0.137. The van der Waals surface area contributed by atoms with E-state index < -0.39 is 23.7 Å². The third kappa shape index (κ3) is 10.4. The molecule has 1 atom stereocenters. The van der Waals surface area contributed by atoms with E-state index >= 15 is 0 Å². The van der Waals surface area contributed by atoms with E-state index in [1.54, 1.807) is 20.8 Å². The van der Waals surface area contributed by atoms with Gasteiger partial charge in [-0.3, -0.25) is 9.59 Å². The minimum atomic E-state index is -0.865. The molecule has 3 aromatic rings. The molecule has 212 valence electrons. The Kier molecular flexibility index (Phi) is 11.6. The standard InChI is InChI=1S/C32H38N2O5S/c1-32(2,3)39-31(38)34-27(30(37)33-20-11-10-19-28(35)36)22-40-26-18-12-17-25(21-26)29(23-13-6-4-7-14-23)24-15-8-5-9-16-24/h4-9,12-18,21,27,29H,10-11,19-20,22H2,1-3H3,(H,33,37)(H,34,38)(H,35,36). The molecule has 0 saturated carbocycles. The smallest absolute Gasteiger partial charge is 0.408 e. The average molecular weight is 563 g/mol. The van der Waals surface area contributed by atoms with Gasteiger partial charge in [-0.2, -0.15) is 0 Å². The van der Waals surface area contributed by atoms with Gasteiger partial charge in [-0.05, 0) is 62.4 Å². The highest BCUT2D eigenvalue weighted by molar-refractivity contribution is 7.99. The molecule has 0 aliphatic rings.